The molecule has 0 heterocycles. The summed E-state index contributed by atoms with van der Waals surface area (Å²) in [6, 6.07) is 14.8. The van der Waals surface area contributed by atoms with Crippen molar-refractivity contribution in [2.45, 2.75) is 19.4 Å². The highest BCUT2D eigenvalue weighted by Crippen LogP contribution is 2.17. The van der Waals surface area contributed by atoms with Gasteiger partial charge in [0.25, 0.3) is 5.91 Å². The van der Waals surface area contributed by atoms with Gasteiger partial charge in [-0.3, -0.25) is 4.79 Å². The third-order valence-corrected chi connectivity index (χ3v) is 3.47. The standard InChI is InChI=1S/C17H18ClNO2/c1-12(11-20)19-17(21)16-5-3-2-4-14(16)10-13-6-8-15(18)9-7-13/h2-9,12,20H,10-11H2,1H3,(H,19,21)/t12-/m0/s1. The Morgan fingerprint density at radius 2 is 1.86 bits per heavy atom. The molecule has 2 rings (SSSR count). The highest BCUT2D eigenvalue weighted by molar-refractivity contribution is 6.30. The van der Waals surface area contributed by atoms with Crippen molar-refractivity contribution in [3.63, 3.8) is 0 Å². The number of halogens is 1. The first-order valence-corrected chi connectivity index (χ1v) is 7.22. The van der Waals surface area contributed by atoms with E-state index in [1.165, 1.54) is 0 Å². The van der Waals surface area contributed by atoms with Gasteiger partial charge in [-0.2, -0.15) is 0 Å². The summed E-state index contributed by atoms with van der Waals surface area (Å²) in [7, 11) is 0. The molecule has 1 amide bonds. The Morgan fingerprint density at radius 1 is 1.19 bits per heavy atom. The molecule has 0 bridgehead atoms. The van der Waals surface area contributed by atoms with Crippen molar-refractivity contribution in [1.29, 1.82) is 0 Å². The molecule has 0 saturated carbocycles. The van der Waals surface area contributed by atoms with Gasteiger partial charge in [-0.05, 0) is 42.7 Å². The molecule has 2 aromatic rings. The zero-order valence-electron chi connectivity index (χ0n) is 11.8. The number of aliphatic hydroxyl groups is 1. The average molecular weight is 304 g/mol. The van der Waals surface area contributed by atoms with Gasteiger partial charge in [-0.1, -0.05) is 41.9 Å². The molecular formula is C17H18ClNO2. The summed E-state index contributed by atoms with van der Waals surface area (Å²) in [4.78, 5) is 12.2. The van der Waals surface area contributed by atoms with Gasteiger partial charge in [0.1, 0.15) is 0 Å². The van der Waals surface area contributed by atoms with Crippen molar-refractivity contribution in [1.82, 2.24) is 5.32 Å². The van der Waals surface area contributed by atoms with E-state index in [-0.39, 0.29) is 18.6 Å². The van der Waals surface area contributed by atoms with Crippen LogP contribution in [0, 0.1) is 0 Å². The fraction of sp³-hybridized carbons (Fsp3) is 0.235. The molecule has 0 spiro atoms. The largest absolute Gasteiger partial charge is 0.394 e. The molecule has 0 radical (unpaired) electrons. The smallest absolute Gasteiger partial charge is 0.251 e. The second kappa shape index (κ2) is 7.25. The molecular weight excluding hydrogens is 286 g/mol. The number of carbonyl (C=O) groups is 1. The van der Waals surface area contributed by atoms with Crippen LogP contribution in [0.1, 0.15) is 28.4 Å². The molecule has 0 unspecified atom stereocenters. The number of aliphatic hydroxyl groups excluding tert-OH is 1. The predicted molar refractivity (Wildman–Crippen MR) is 84.7 cm³/mol. The summed E-state index contributed by atoms with van der Waals surface area (Å²) < 4.78 is 0. The van der Waals surface area contributed by atoms with Crippen molar-refractivity contribution in [2.24, 2.45) is 0 Å². The Balaban J connectivity index is 2.20. The van der Waals surface area contributed by atoms with Crippen LogP contribution in [0.15, 0.2) is 48.5 Å². The third kappa shape index (κ3) is 4.31. The monoisotopic (exact) mass is 303 g/mol. The van der Waals surface area contributed by atoms with E-state index in [2.05, 4.69) is 5.32 Å². The van der Waals surface area contributed by atoms with Gasteiger partial charge in [0.15, 0.2) is 0 Å². The van der Waals surface area contributed by atoms with Crippen LogP contribution in [0.4, 0.5) is 0 Å². The van der Waals surface area contributed by atoms with E-state index in [0.717, 1.165) is 11.1 Å². The number of amides is 1. The molecule has 0 aliphatic heterocycles. The van der Waals surface area contributed by atoms with Gasteiger partial charge >= 0.3 is 0 Å². The molecule has 0 saturated heterocycles. The zero-order valence-corrected chi connectivity index (χ0v) is 12.6. The Morgan fingerprint density at radius 3 is 2.52 bits per heavy atom. The number of hydrogen-bond donors (Lipinski definition) is 2. The molecule has 0 aliphatic rings. The quantitative estimate of drug-likeness (QED) is 0.892. The van der Waals surface area contributed by atoms with Gasteiger partial charge < -0.3 is 10.4 Å². The first-order chi connectivity index (χ1) is 10.1. The van der Waals surface area contributed by atoms with Crippen molar-refractivity contribution >= 4 is 17.5 Å². The van der Waals surface area contributed by atoms with Gasteiger partial charge in [0.2, 0.25) is 0 Å². The van der Waals surface area contributed by atoms with Crippen LogP contribution in [0.25, 0.3) is 0 Å². The van der Waals surface area contributed by atoms with E-state index in [1.54, 1.807) is 13.0 Å². The molecule has 2 aromatic carbocycles. The maximum atomic E-state index is 12.2. The van der Waals surface area contributed by atoms with E-state index in [4.69, 9.17) is 16.7 Å². The first-order valence-electron chi connectivity index (χ1n) is 6.84. The SMILES string of the molecule is C[C@@H](CO)NC(=O)c1ccccc1Cc1ccc(Cl)cc1. The molecule has 110 valence electrons. The van der Waals surface area contributed by atoms with Crippen molar-refractivity contribution in [3.05, 3.63) is 70.2 Å². The Kier molecular flexibility index (Phi) is 5.37. The highest BCUT2D eigenvalue weighted by atomic mass is 35.5. The minimum absolute atomic E-state index is 0.0783. The number of hydrogen-bond acceptors (Lipinski definition) is 2. The second-order valence-corrected chi connectivity index (χ2v) is 5.45. The second-order valence-electron chi connectivity index (χ2n) is 5.02. The Labute approximate surface area is 129 Å². The summed E-state index contributed by atoms with van der Waals surface area (Å²) in [5, 5.41) is 12.5. The van der Waals surface area contributed by atoms with Crippen molar-refractivity contribution < 1.29 is 9.90 Å². The summed E-state index contributed by atoms with van der Waals surface area (Å²) >= 11 is 5.88. The summed E-state index contributed by atoms with van der Waals surface area (Å²) in [5.74, 6) is -0.166. The average Bonchev–Trinajstić information content (AvgIpc) is 2.50. The number of nitrogens with one attached hydrogen (secondary N) is 1. The molecule has 2 N–H and O–H groups in total. The van der Waals surface area contributed by atoms with Crippen molar-refractivity contribution in [2.75, 3.05) is 6.61 Å². The van der Waals surface area contributed by atoms with Crippen LogP contribution >= 0.6 is 11.6 Å². The van der Waals surface area contributed by atoms with E-state index in [0.29, 0.717) is 17.0 Å². The van der Waals surface area contributed by atoms with Crippen LogP contribution in [0.2, 0.25) is 5.02 Å². The van der Waals surface area contributed by atoms with Crippen LogP contribution in [-0.2, 0) is 6.42 Å². The van der Waals surface area contributed by atoms with Crippen LogP contribution in [0.3, 0.4) is 0 Å². The molecule has 1 atom stereocenters. The minimum Gasteiger partial charge on any atom is -0.394 e. The van der Waals surface area contributed by atoms with E-state index in [1.807, 2.05) is 42.5 Å². The fourth-order valence-corrected chi connectivity index (χ4v) is 2.19. The van der Waals surface area contributed by atoms with Crippen LogP contribution in [0.5, 0.6) is 0 Å². The topological polar surface area (TPSA) is 49.3 Å². The Bertz CT molecular complexity index is 610. The molecule has 0 aromatic heterocycles. The highest BCUT2D eigenvalue weighted by Gasteiger charge is 2.13. The molecule has 3 nitrogen and oxygen atoms in total. The maximum absolute atomic E-state index is 12.2. The summed E-state index contributed by atoms with van der Waals surface area (Å²) in [6.07, 6.45) is 0.661. The third-order valence-electron chi connectivity index (χ3n) is 3.22. The van der Waals surface area contributed by atoms with E-state index >= 15 is 0 Å². The van der Waals surface area contributed by atoms with E-state index < -0.39 is 0 Å². The maximum Gasteiger partial charge on any atom is 0.251 e. The zero-order chi connectivity index (χ0) is 15.2. The molecule has 0 aliphatic carbocycles. The first kappa shape index (κ1) is 15.5. The lowest BCUT2D eigenvalue weighted by Crippen LogP contribution is -2.35. The molecule has 21 heavy (non-hydrogen) atoms. The summed E-state index contributed by atoms with van der Waals surface area (Å²) in [6.45, 7) is 1.69. The lowest BCUT2D eigenvalue weighted by atomic mass is 9.99. The number of carbonyl (C=O) groups excluding carboxylic acids is 1. The number of benzene rings is 2. The predicted octanol–water partition coefficient (Wildman–Crippen LogP) is 3.04. The molecule has 0 fully saturated rings. The summed E-state index contributed by atoms with van der Waals surface area (Å²) in [5.41, 5.74) is 2.67. The van der Waals surface area contributed by atoms with Crippen LogP contribution < -0.4 is 5.32 Å². The van der Waals surface area contributed by atoms with Gasteiger partial charge in [0.05, 0.1) is 6.61 Å². The van der Waals surface area contributed by atoms with Crippen LogP contribution in [-0.4, -0.2) is 23.7 Å². The minimum atomic E-state index is -0.263. The van der Waals surface area contributed by atoms with Crippen molar-refractivity contribution in [3.8, 4) is 0 Å². The number of rotatable bonds is 5. The lowest BCUT2D eigenvalue weighted by Gasteiger charge is -2.13. The van der Waals surface area contributed by atoms with E-state index in [9.17, 15) is 4.79 Å². The lowest BCUT2D eigenvalue weighted by molar-refractivity contribution is 0.0921. The molecule has 4 heteroatoms. The fourth-order valence-electron chi connectivity index (χ4n) is 2.07. The van der Waals surface area contributed by atoms with Gasteiger partial charge in [0, 0.05) is 16.6 Å². The normalized spacial score (nSPS) is 12.0. The van der Waals surface area contributed by atoms with Gasteiger partial charge in [-0.25, -0.2) is 0 Å². The van der Waals surface area contributed by atoms with Gasteiger partial charge in [-0.15, -0.1) is 0 Å². The Hall–Kier alpha value is -1.84.